The molecule has 28 heavy (non-hydrogen) atoms. The number of rotatable bonds is 4. The van der Waals surface area contributed by atoms with Crippen LogP contribution >= 0.6 is 11.3 Å². The molecule has 1 atom stereocenters. The first-order valence-corrected chi connectivity index (χ1v) is 9.72. The third-order valence-electron chi connectivity index (χ3n) is 4.90. The SMILES string of the molecule is COc1ccc(-c2nc(C(=O)N3Cc4ccccc4CC3C(N)=O)cs2)cc1. The molecule has 2 heterocycles. The largest absolute Gasteiger partial charge is 0.497 e. The summed E-state index contributed by atoms with van der Waals surface area (Å²) in [6.45, 7) is 0.345. The Morgan fingerprint density at radius 1 is 1.14 bits per heavy atom. The van der Waals surface area contributed by atoms with Crippen molar-refractivity contribution in [3.63, 3.8) is 0 Å². The molecule has 0 bridgehead atoms. The Bertz CT molecular complexity index is 1030. The first-order valence-electron chi connectivity index (χ1n) is 8.84. The second kappa shape index (κ2) is 7.44. The van der Waals surface area contributed by atoms with Crippen molar-refractivity contribution in [2.75, 3.05) is 7.11 Å². The van der Waals surface area contributed by atoms with Gasteiger partial charge in [-0.1, -0.05) is 24.3 Å². The molecular weight excluding hydrogens is 374 g/mol. The van der Waals surface area contributed by atoms with Crippen molar-refractivity contribution in [1.29, 1.82) is 0 Å². The van der Waals surface area contributed by atoms with Gasteiger partial charge in [0.05, 0.1) is 7.11 Å². The zero-order valence-corrected chi connectivity index (χ0v) is 16.1. The lowest BCUT2D eigenvalue weighted by molar-refractivity contribution is -0.122. The molecule has 2 amide bonds. The van der Waals surface area contributed by atoms with Crippen LogP contribution < -0.4 is 10.5 Å². The van der Waals surface area contributed by atoms with Gasteiger partial charge in [-0.2, -0.15) is 0 Å². The summed E-state index contributed by atoms with van der Waals surface area (Å²) in [5.41, 5.74) is 8.89. The maximum absolute atomic E-state index is 13.1. The summed E-state index contributed by atoms with van der Waals surface area (Å²) in [7, 11) is 1.61. The van der Waals surface area contributed by atoms with Crippen molar-refractivity contribution in [3.05, 3.63) is 70.7 Å². The summed E-state index contributed by atoms with van der Waals surface area (Å²) in [4.78, 5) is 31.1. The summed E-state index contributed by atoms with van der Waals surface area (Å²) in [6, 6.07) is 14.6. The molecule has 1 aliphatic rings. The van der Waals surface area contributed by atoms with Crippen LogP contribution in [0.25, 0.3) is 10.6 Å². The second-order valence-corrected chi connectivity index (χ2v) is 7.45. The van der Waals surface area contributed by atoms with Gasteiger partial charge in [-0.3, -0.25) is 9.59 Å². The van der Waals surface area contributed by atoms with E-state index >= 15 is 0 Å². The fourth-order valence-corrected chi connectivity index (χ4v) is 4.18. The summed E-state index contributed by atoms with van der Waals surface area (Å²) in [5.74, 6) is -0.0318. The van der Waals surface area contributed by atoms with Crippen molar-refractivity contribution in [3.8, 4) is 16.3 Å². The number of fused-ring (bicyclic) bond motifs is 1. The van der Waals surface area contributed by atoms with Crippen LogP contribution in [0.15, 0.2) is 53.9 Å². The molecule has 0 aliphatic carbocycles. The van der Waals surface area contributed by atoms with Gasteiger partial charge in [-0.15, -0.1) is 11.3 Å². The Balaban J connectivity index is 1.61. The molecule has 0 saturated heterocycles. The molecule has 2 aromatic carbocycles. The van der Waals surface area contributed by atoms with Crippen LogP contribution in [0.3, 0.4) is 0 Å². The maximum Gasteiger partial charge on any atom is 0.274 e. The molecule has 2 N–H and O–H groups in total. The van der Waals surface area contributed by atoms with Crippen LogP contribution in [0.2, 0.25) is 0 Å². The standard InChI is InChI=1S/C21H19N3O3S/c1-27-16-8-6-13(7-9-16)20-23-17(12-28-20)21(26)24-11-15-5-3-2-4-14(15)10-18(24)19(22)25/h2-9,12,18H,10-11H2,1H3,(H2,22,25). The van der Waals surface area contributed by atoms with E-state index in [0.717, 1.165) is 27.4 Å². The monoisotopic (exact) mass is 393 g/mol. The minimum absolute atomic E-state index is 0.283. The van der Waals surface area contributed by atoms with Crippen LogP contribution in [0, 0.1) is 0 Å². The van der Waals surface area contributed by atoms with Gasteiger partial charge < -0.3 is 15.4 Å². The van der Waals surface area contributed by atoms with E-state index in [0.29, 0.717) is 18.7 Å². The van der Waals surface area contributed by atoms with Gasteiger partial charge >= 0.3 is 0 Å². The molecule has 0 fully saturated rings. The number of methoxy groups -OCH3 is 1. The first-order chi connectivity index (χ1) is 13.6. The summed E-state index contributed by atoms with van der Waals surface area (Å²) in [5, 5.41) is 2.46. The minimum atomic E-state index is -0.673. The van der Waals surface area contributed by atoms with Crippen molar-refractivity contribution >= 4 is 23.2 Å². The fourth-order valence-electron chi connectivity index (χ4n) is 3.38. The van der Waals surface area contributed by atoms with E-state index in [1.807, 2.05) is 48.5 Å². The number of carbonyl (C=O) groups is 2. The topological polar surface area (TPSA) is 85.5 Å². The molecule has 3 aromatic rings. The maximum atomic E-state index is 13.1. The van der Waals surface area contributed by atoms with E-state index in [1.54, 1.807) is 12.5 Å². The van der Waals surface area contributed by atoms with Crippen LogP contribution in [0.4, 0.5) is 0 Å². The average Bonchev–Trinajstić information content (AvgIpc) is 3.22. The Morgan fingerprint density at radius 2 is 1.86 bits per heavy atom. The van der Waals surface area contributed by atoms with E-state index < -0.39 is 11.9 Å². The van der Waals surface area contributed by atoms with E-state index in [-0.39, 0.29) is 5.91 Å². The summed E-state index contributed by atoms with van der Waals surface area (Å²) < 4.78 is 5.17. The normalized spacial score (nSPS) is 15.8. The fraction of sp³-hybridized carbons (Fsp3) is 0.190. The summed E-state index contributed by atoms with van der Waals surface area (Å²) >= 11 is 1.39. The minimum Gasteiger partial charge on any atom is -0.497 e. The van der Waals surface area contributed by atoms with E-state index in [4.69, 9.17) is 10.5 Å². The van der Waals surface area contributed by atoms with Crippen molar-refractivity contribution in [2.24, 2.45) is 5.73 Å². The number of thiazole rings is 1. The molecule has 142 valence electrons. The molecular formula is C21H19N3O3S. The van der Waals surface area contributed by atoms with Crippen molar-refractivity contribution in [1.82, 2.24) is 9.88 Å². The smallest absolute Gasteiger partial charge is 0.274 e. The van der Waals surface area contributed by atoms with E-state index in [2.05, 4.69) is 4.98 Å². The van der Waals surface area contributed by atoms with Gasteiger partial charge in [-0.25, -0.2) is 4.98 Å². The van der Waals surface area contributed by atoms with Gasteiger partial charge in [-0.05, 0) is 35.4 Å². The Morgan fingerprint density at radius 3 is 2.54 bits per heavy atom. The average molecular weight is 393 g/mol. The third-order valence-corrected chi connectivity index (χ3v) is 5.79. The highest BCUT2D eigenvalue weighted by molar-refractivity contribution is 7.13. The number of nitrogens with zero attached hydrogens (tertiary/aromatic N) is 2. The van der Waals surface area contributed by atoms with Crippen molar-refractivity contribution in [2.45, 2.75) is 19.0 Å². The number of aromatic nitrogens is 1. The first kappa shape index (κ1) is 18.2. The predicted molar refractivity (Wildman–Crippen MR) is 107 cm³/mol. The van der Waals surface area contributed by atoms with Crippen LogP contribution in [-0.4, -0.2) is 34.8 Å². The van der Waals surface area contributed by atoms with Crippen LogP contribution in [0.1, 0.15) is 21.6 Å². The lowest BCUT2D eigenvalue weighted by Gasteiger charge is -2.34. The molecule has 6 nitrogen and oxygen atoms in total. The lowest BCUT2D eigenvalue weighted by Crippen LogP contribution is -2.51. The molecule has 0 radical (unpaired) electrons. The van der Waals surface area contributed by atoms with Gasteiger partial charge in [0.15, 0.2) is 0 Å². The van der Waals surface area contributed by atoms with Gasteiger partial charge in [0, 0.05) is 23.9 Å². The number of benzene rings is 2. The molecule has 4 rings (SSSR count). The predicted octanol–water partition coefficient (Wildman–Crippen LogP) is 2.87. The highest BCUT2D eigenvalue weighted by Gasteiger charge is 2.34. The summed E-state index contributed by atoms with van der Waals surface area (Å²) in [6.07, 6.45) is 0.423. The van der Waals surface area contributed by atoms with Crippen LogP contribution in [0.5, 0.6) is 5.75 Å². The molecule has 0 saturated carbocycles. The lowest BCUT2D eigenvalue weighted by atomic mass is 9.93. The van der Waals surface area contributed by atoms with Gasteiger partial charge in [0.1, 0.15) is 22.5 Å². The van der Waals surface area contributed by atoms with E-state index in [9.17, 15) is 9.59 Å². The molecule has 7 heteroatoms. The number of carbonyl (C=O) groups excluding carboxylic acids is 2. The number of hydrogen-bond donors (Lipinski definition) is 1. The number of ether oxygens (including phenoxy) is 1. The number of primary amides is 1. The highest BCUT2D eigenvalue weighted by Crippen LogP contribution is 2.29. The Hall–Kier alpha value is -3.19. The molecule has 1 aromatic heterocycles. The van der Waals surface area contributed by atoms with Crippen LogP contribution in [-0.2, 0) is 17.8 Å². The molecule has 1 aliphatic heterocycles. The quantitative estimate of drug-likeness (QED) is 0.739. The number of amides is 2. The molecule has 1 unspecified atom stereocenters. The van der Waals surface area contributed by atoms with Gasteiger partial charge in [0.2, 0.25) is 5.91 Å². The second-order valence-electron chi connectivity index (χ2n) is 6.59. The Kier molecular flexibility index (Phi) is 4.83. The van der Waals surface area contributed by atoms with E-state index in [1.165, 1.54) is 16.2 Å². The highest BCUT2D eigenvalue weighted by atomic mass is 32.1. The van der Waals surface area contributed by atoms with Gasteiger partial charge in [0.25, 0.3) is 5.91 Å². The molecule has 0 spiro atoms. The number of hydrogen-bond acceptors (Lipinski definition) is 5. The zero-order chi connectivity index (χ0) is 19.7. The van der Waals surface area contributed by atoms with Crippen molar-refractivity contribution < 1.29 is 14.3 Å². The zero-order valence-electron chi connectivity index (χ0n) is 15.3. The Labute approximate surface area is 166 Å². The number of nitrogens with two attached hydrogens (primary N) is 1. The third kappa shape index (κ3) is 3.36.